The van der Waals surface area contributed by atoms with Crippen LogP contribution in [0.1, 0.15) is 135 Å². The van der Waals surface area contributed by atoms with E-state index in [0.29, 0.717) is 0 Å². The van der Waals surface area contributed by atoms with Gasteiger partial charge in [0.1, 0.15) is 0 Å². The molecular formula is C40H74NP3. The van der Waals surface area contributed by atoms with Gasteiger partial charge in [0.25, 0.3) is 0 Å². The monoisotopic (exact) mass is 662 g/mol. The number of nitrogens with zero attached hydrogens (tertiary/aromatic N) is 1. The Balaban J connectivity index is 1.41. The molecule has 0 aromatic heterocycles. The Hall–Kier alpha value is 0.960. The molecule has 1 aliphatic heterocycles. The van der Waals surface area contributed by atoms with Gasteiger partial charge in [-0.2, -0.15) is 0 Å². The highest BCUT2D eigenvalue weighted by atomic mass is 31.1. The van der Waals surface area contributed by atoms with Crippen LogP contribution in [0.25, 0.3) is 0 Å². The van der Waals surface area contributed by atoms with Crippen LogP contribution in [0.5, 0.6) is 0 Å². The molecule has 7 atom stereocenters. The van der Waals surface area contributed by atoms with Crippen molar-refractivity contribution < 1.29 is 0 Å². The van der Waals surface area contributed by atoms with E-state index in [0.717, 1.165) is 47.3 Å². The summed E-state index contributed by atoms with van der Waals surface area (Å²) >= 11 is 0. The fourth-order valence-electron chi connectivity index (χ4n) is 11.0. The molecule has 7 unspecified atom stereocenters. The first-order chi connectivity index (χ1) is 21.5. The molecule has 0 bridgehead atoms. The van der Waals surface area contributed by atoms with E-state index < -0.39 is 0 Å². The average molecular weight is 662 g/mol. The molecule has 0 spiro atoms. The molecule has 5 rings (SSSR count). The highest BCUT2D eigenvalue weighted by Crippen LogP contribution is 2.51. The van der Waals surface area contributed by atoms with Crippen LogP contribution in [-0.2, 0) is 0 Å². The van der Waals surface area contributed by atoms with Crippen molar-refractivity contribution in [3.05, 3.63) is 0 Å². The van der Waals surface area contributed by atoms with E-state index in [9.17, 15) is 0 Å². The molecule has 4 fully saturated rings. The van der Waals surface area contributed by atoms with Gasteiger partial charge in [-0.3, -0.25) is 4.99 Å². The molecule has 0 N–H and O–H groups in total. The second-order valence-electron chi connectivity index (χ2n) is 17.1. The molecular weight excluding hydrogens is 587 g/mol. The fraction of sp³-hybridized carbons (Fsp3) is 0.975. The Kier molecular flexibility index (Phi) is 15.8. The van der Waals surface area contributed by atoms with Crippen LogP contribution < -0.4 is 0 Å². The largest absolute Gasteiger partial charge is 0.294 e. The predicted molar refractivity (Wildman–Crippen MR) is 206 cm³/mol. The quantitative estimate of drug-likeness (QED) is 0.266. The van der Waals surface area contributed by atoms with Gasteiger partial charge >= 0.3 is 0 Å². The Morgan fingerprint density at radius 2 is 0.705 bits per heavy atom. The van der Waals surface area contributed by atoms with E-state index in [1.54, 1.807) is 56.0 Å². The van der Waals surface area contributed by atoms with Crippen LogP contribution in [0, 0.1) is 47.3 Å². The van der Waals surface area contributed by atoms with Crippen molar-refractivity contribution >= 4 is 29.5 Å². The van der Waals surface area contributed by atoms with Crippen LogP contribution in [0.4, 0.5) is 0 Å². The van der Waals surface area contributed by atoms with Gasteiger partial charge < -0.3 is 0 Å². The van der Waals surface area contributed by atoms with Crippen LogP contribution in [0.2, 0.25) is 0 Å². The maximum atomic E-state index is 5.71. The lowest BCUT2D eigenvalue weighted by Gasteiger charge is -2.39. The summed E-state index contributed by atoms with van der Waals surface area (Å²) in [5.41, 5.74) is 1.60. The molecule has 0 radical (unpaired) electrons. The lowest BCUT2D eigenvalue weighted by atomic mass is 9.78. The van der Waals surface area contributed by atoms with Crippen molar-refractivity contribution in [1.29, 1.82) is 0 Å². The summed E-state index contributed by atoms with van der Waals surface area (Å²) in [4.78, 5) is 5.71. The number of rotatable bonds is 4. The van der Waals surface area contributed by atoms with Gasteiger partial charge in [-0.15, -0.1) is 23.8 Å². The minimum Gasteiger partial charge on any atom is -0.294 e. The Morgan fingerprint density at radius 3 is 1.11 bits per heavy atom. The molecule has 1 heterocycles. The third-order valence-electron chi connectivity index (χ3n) is 13.5. The van der Waals surface area contributed by atoms with Crippen molar-refractivity contribution in [1.82, 2.24) is 0 Å². The van der Waals surface area contributed by atoms with Gasteiger partial charge in [0.05, 0.1) is 0 Å². The van der Waals surface area contributed by atoms with Crippen molar-refractivity contribution in [2.24, 2.45) is 52.3 Å². The maximum Gasteiger partial charge on any atom is 0.0422 e. The summed E-state index contributed by atoms with van der Waals surface area (Å²) < 4.78 is 0. The van der Waals surface area contributed by atoms with Gasteiger partial charge in [0.15, 0.2) is 0 Å². The molecule has 5 aliphatic rings. The zero-order chi connectivity index (χ0) is 30.7. The highest BCUT2D eigenvalue weighted by Gasteiger charge is 2.34. The van der Waals surface area contributed by atoms with Gasteiger partial charge in [-0.25, -0.2) is 0 Å². The second-order valence-corrected chi connectivity index (χ2v) is 24.5. The Labute approximate surface area is 279 Å². The zero-order valence-corrected chi connectivity index (χ0v) is 32.7. The molecule has 0 aromatic rings. The molecule has 44 heavy (non-hydrogen) atoms. The summed E-state index contributed by atoms with van der Waals surface area (Å²) in [6.45, 7) is 12.0. The molecule has 0 amide bonds. The number of hydrogen-bond donors (Lipinski definition) is 0. The lowest BCUT2D eigenvalue weighted by molar-refractivity contribution is 0.268. The van der Waals surface area contributed by atoms with Crippen molar-refractivity contribution in [2.75, 3.05) is 63.5 Å². The summed E-state index contributed by atoms with van der Waals surface area (Å²) in [6.07, 6.45) is 39.7. The summed E-state index contributed by atoms with van der Waals surface area (Å²) in [6, 6.07) is 0. The van der Waals surface area contributed by atoms with Crippen LogP contribution >= 0.6 is 23.8 Å². The van der Waals surface area contributed by atoms with E-state index in [2.05, 4.69) is 26.9 Å². The van der Waals surface area contributed by atoms with Crippen LogP contribution in [0.3, 0.4) is 0 Å². The van der Waals surface area contributed by atoms with E-state index in [4.69, 9.17) is 4.99 Å². The van der Waals surface area contributed by atoms with E-state index in [1.165, 1.54) is 122 Å². The van der Waals surface area contributed by atoms with E-state index >= 15 is 0 Å². The van der Waals surface area contributed by atoms with Crippen molar-refractivity contribution in [2.45, 2.75) is 135 Å². The molecule has 0 saturated heterocycles. The molecule has 4 aliphatic carbocycles. The summed E-state index contributed by atoms with van der Waals surface area (Å²) in [5.74, 6) is 7.74. The van der Waals surface area contributed by atoms with Gasteiger partial charge in [0, 0.05) is 18.2 Å². The topological polar surface area (TPSA) is 12.4 Å². The molecule has 1 nitrogen and oxygen atoms in total. The minimum atomic E-state index is 0.0933. The SMILES string of the molecule is CC1=NCC(C2CCCCC2)CP(C)CC(C2CCCCC2)CP(C)CC(C2CCCCC2)CP(C)CC1C1CCCCC1. The van der Waals surface area contributed by atoms with E-state index in [-0.39, 0.29) is 23.8 Å². The summed E-state index contributed by atoms with van der Waals surface area (Å²) in [7, 11) is 0.374. The number of hydrogen-bond acceptors (Lipinski definition) is 1. The molecule has 0 aromatic carbocycles. The smallest absolute Gasteiger partial charge is 0.0422 e. The van der Waals surface area contributed by atoms with E-state index in [1.807, 2.05) is 0 Å². The first-order valence-electron chi connectivity index (χ1n) is 20.0. The third-order valence-corrected chi connectivity index (χ3v) is 20.0. The third kappa shape index (κ3) is 11.3. The normalized spacial score (nSPS) is 38.3. The fourth-order valence-corrected chi connectivity index (χ4v) is 19.2. The predicted octanol–water partition coefficient (Wildman–Crippen LogP) is 12.6. The van der Waals surface area contributed by atoms with Gasteiger partial charge in [-0.05, 0) is 118 Å². The minimum absolute atomic E-state index is 0.0933. The molecule has 4 heteroatoms. The Morgan fingerprint density at radius 1 is 0.386 bits per heavy atom. The number of aliphatic imine (C=N–C) groups is 1. The Bertz CT molecular complexity index is 820. The first kappa shape index (κ1) is 36.2. The second kappa shape index (κ2) is 19.2. The first-order valence-corrected chi connectivity index (χ1v) is 26.5. The van der Waals surface area contributed by atoms with Gasteiger partial charge in [-0.1, -0.05) is 116 Å². The maximum absolute atomic E-state index is 5.71. The summed E-state index contributed by atoms with van der Waals surface area (Å²) in [5, 5.41) is 0. The van der Waals surface area contributed by atoms with Crippen molar-refractivity contribution in [3.8, 4) is 0 Å². The van der Waals surface area contributed by atoms with Crippen LogP contribution in [0.15, 0.2) is 4.99 Å². The molecule has 4 saturated carbocycles. The van der Waals surface area contributed by atoms with Crippen molar-refractivity contribution in [3.63, 3.8) is 0 Å². The van der Waals surface area contributed by atoms with Crippen LogP contribution in [-0.4, -0.2) is 69.2 Å². The zero-order valence-electron chi connectivity index (χ0n) is 30.0. The molecule has 254 valence electrons. The lowest BCUT2D eigenvalue weighted by Crippen LogP contribution is -2.31. The average Bonchev–Trinajstić information content (AvgIpc) is 3.06. The highest BCUT2D eigenvalue weighted by molar-refractivity contribution is 7.58. The van der Waals surface area contributed by atoms with Gasteiger partial charge in [0.2, 0.25) is 0 Å². The standard InChI is InChI=1S/C40H74NP3/c1-32-40(36-23-15-8-16-24-36)31-44(4)30-39(35-21-13-7-14-22-35)29-43(3)28-38(34-19-11-6-12-20-34)27-42(2)26-37(25-41-32)33-17-9-5-10-18-33/h33-40H,5-31H2,1-4H3.